The van der Waals surface area contributed by atoms with Gasteiger partial charge < -0.3 is 9.38 Å². The summed E-state index contributed by atoms with van der Waals surface area (Å²) < 4.78 is 21.4. The molecule has 0 saturated carbocycles. The van der Waals surface area contributed by atoms with Gasteiger partial charge in [-0.3, -0.25) is 9.05 Å². The highest BCUT2D eigenvalue weighted by Gasteiger charge is 2.32. The monoisotopic (exact) mass is 224 g/mol. The lowest BCUT2D eigenvalue weighted by Crippen LogP contribution is -2.47. The van der Waals surface area contributed by atoms with Crippen molar-refractivity contribution in [1.29, 1.82) is 0 Å². The van der Waals surface area contributed by atoms with Gasteiger partial charge in [-0.25, -0.2) is 4.57 Å². The molecular weight excluding hydrogens is 205 g/mol. The predicted molar refractivity (Wildman–Crippen MR) is 52.8 cm³/mol. The number of rotatable bonds is 3. The Morgan fingerprint density at radius 3 is 2.29 bits per heavy atom. The van der Waals surface area contributed by atoms with E-state index in [1.807, 2.05) is 0 Å². The van der Waals surface area contributed by atoms with Gasteiger partial charge in [-0.15, -0.1) is 0 Å². The highest BCUT2D eigenvalue weighted by Crippen LogP contribution is 2.45. The van der Waals surface area contributed by atoms with Crippen molar-refractivity contribution in [3.05, 3.63) is 0 Å². The fraction of sp³-hybridized carbons (Fsp3) is 1.00. The fourth-order valence-corrected chi connectivity index (χ4v) is 2.25. The van der Waals surface area contributed by atoms with E-state index >= 15 is 0 Å². The summed E-state index contributed by atoms with van der Waals surface area (Å²) in [6, 6.07) is 0. The largest absolute Gasteiger partial charge is 0.472 e. The summed E-state index contributed by atoms with van der Waals surface area (Å²) in [4.78, 5) is 9.11. The Bertz CT molecular complexity index is 233. The molecule has 1 N–H and O–H groups in total. The van der Waals surface area contributed by atoms with Crippen molar-refractivity contribution in [3.8, 4) is 0 Å². The van der Waals surface area contributed by atoms with Crippen molar-refractivity contribution < 1.29 is 23.0 Å². The molecule has 84 valence electrons. The summed E-state index contributed by atoms with van der Waals surface area (Å²) in [7, 11) is 1.68. The third-order valence-electron chi connectivity index (χ3n) is 2.63. The molecule has 0 aliphatic carbocycles. The van der Waals surface area contributed by atoms with E-state index in [-0.39, 0.29) is 6.10 Å². The number of hydrogen-bond acceptors (Lipinski definition) is 3. The van der Waals surface area contributed by atoms with Crippen LogP contribution in [0.3, 0.4) is 0 Å². The quantitative estimate of drug-likeness (QED) is 0.573. The molecule has 1 aliphatic rings. The zero-order valence-corrected chi connectivity index (χ0v) is 9.87. The molecule has 5 nitrogen and oxygen atoms in total. The summed E-state index contributed by atoms with van der Waals surface area (Å²) in [5.74, 6) is 0. The van der Waals surface area contributed by atoms with Gasteiger partial charge >= 0.3 is 7.82 Å². The molecular formula is C8H19NO4P+. The minimum atomic E-state index is -3.79. The lowest BCUT2D eigenvalue weighted by atomic mass is 10.1. The standard InChI is InChI=1S/C8H18NO4P/c1-9(2)6-4-8(5-7-9)13-14(10,11)12-3/h8H,4-7H2,1-3H3/p+1. The first-order valence-electron chi connectivity index (χ1n) is 4.74. The maximum Gasteiger partial charge on any atom is 0.472 e. The second-order valence-electron chi connectivity index (χ2n) is 4.34. The van der Waals surface area contributed by atoms with Crippen LogP contribution in [0.1, 0.15) is 12.8 Å². The van der Waals surface area contributed by atoms with E-state index in [2.05, 4.69) is 18.6 Å². The van der Waals surface area contributed by atoms with E-state index in [9.17, 15) is 4.57 Å². The summed E-state index contributed by atoms with van der Waals surface area (Å²) in [5.41, 5.74) is 0. The molecule has 0 aromatic rings. The van der Waals surface area contributed by atoms with Gasteiger partial charge in [0.05, 0.1) is 33.3 Å². The summed E-state index contributed by atoms with van der Waals surface area (Å²) in [5, 5.41) is 0. The number of likely N-dealkylation sites (tertiary alicyclic amines) is 1. The number of hydrogen-bond donors (Lipinski definition) is 1. The molecule has 0 spiro atoms. The van der Waals surface area contributed by atoms with E-state index in [4.69, 9.17) is 9.42 Å². The van der Waals surface area contributed by atoms with E-state index in [0.29, 0.717) is 0 Å². The summed E-state index contributed by atoms with van der Waals surface area (Å²) >= 11 is 0. The van der Waals surface area contributed by atoms with E-state index in [1.165, 1.54) is 7.11 Å². The zero-order chi connectivity index (χ0) is 10.8. The molecule has 0 aromatic heterocycles. The molecule has 0 bridgehead atoms. The van der Waals surface area contributed by atoms with Gasteiger partial charge in [0, 0.05) is 20.0 Å². The molecule has 1 rings (SSSR count). The van der Waals surface area contributed by atoms with E-state index < -0.39 is 7.82 Å². The molecule has 1 saturated heterocycles. The SMILES string of the molecule is COP(=O)(O)OC1CC[N+](C)(C)CC1. The van der Waals surface area contributed by atoms with Gasteiger partial charge in [0.1, 0.15) is 0 Å². The number of quaternary nitrogens is 1. The van der Waals surface area contributed by atoms with Crippen molar-refractivity contribution in [2.24, 2.45) is 0 Å². The fourth-order valence-electron chi connectivity index (χ4n) is 1.58. The third-order valence-corrected chi connectivity index (χ3v) is 3.65. The first kappa shape index (κ1) is 12.1. The van der Waals surface area contributed by atoms with Crippen molar-refractivity contribution in [2.45, 2.75) is 18.9 Å². The summed E-state index contributed by atoms with van der Waals surface area (Å²) in [6.45, 7) is 1.93. The third kappa shape index (κ3) is 3.67. The molecule has 1 heterocycles. The van der Waals surface area contributed by atoms with E-state index in [0.717, 1.165) is 30.4 Å². The molecule has 1 fully saturated rings. The van der Waals surface area contributed by atoms with Crippen LogP contribution >= 0.6 is 7.82 Å². The lowest BCUT2D eigenvalue weighted by Gasteiger charge is -2.37. The van der Waals surface area contributed by atoms with Gasteiger partial charge in [0.15, 0.2) is 0 Å². The van der Waals surface area contributed by atoms with Crippen molar-refractivity contribution >= 4 is 7.82 Å². The van der Waals surface area contributed by atoms with Gasteiger partial charge in [0.2, 0.25) is 0 Å². The van der Waals surface area contributed by atoms with Gasteiger partial charge in [-0.05, 0) is 0 Å². The van der Waals surface area contributed by atoms with Crippen molar-refractivity contribution in [1.82, 2.24) is 0 Å². The molecule has 0 aromatic carbocycles. The van der Waals surface area contributed by atoms with Gasteiger partial charge in [-0.2, -0.15) is 0 Å². The molecule has 6 heteroatoms. The normalized spacial score (nSPS) is 27.1. The van der Waals surface area contributed by atoms with Crippen LogP contribution in [0.5, 0.6) is 0 Å². The van der Waals surface area contributed by atoms with Crippen LogP contribution in [0.25, 0.3) is 0 Å². The Labute approximate surface area is 84.8 Å². The lowest BCUT2D eigenvalue weighted by molar-refractivity contribution is -0.896. The predicted octanol–water partition coefficient (Wildman–Crippen LogP) is 0.989. The topological polar surface area (TPSA) is 55.8 Å². The molecule has 1 unspecified atom stereocenters. The second-order valence-corrected chi connectivity index (χ2v) is 5.85. The maximum absolute atomic E-state index is 11.1. The first-order valence-corrected chi connectivity index (χ1v) is 6.23. The maximum atomic E-state index is 11.1. The Kier molecular flexibility index (Phi) is 3.72. The molecule has 0 amide bonds. The van der Waals surface area contributed by atoms with Crippen LogP contribution in [0.15, 0.2) is 0 Å². The van der Waals surface area contributed by atoms with Crippen LogP contribution in [-0.4, -0.2) is 49.8 Å². The number of phosphoric ester groups is 1. The number of piperidine rings is 1. The van der Waals surface area contributed by atoms with Gasteiger partial charge in [-0.1, -0.05) is 0 Å². The van der Waals surface area contributed by atoms with Crippen LogP contribution in [0.4, 0.5) is 0 Å². The van der Waals surface area contributed by atoms with Crippen LogP contribution in [-0.2, 0) is 13.6 Å². The second kappa shape index (κ2) is 4.29. The first-order chi connectivity index (χ1) is 6.35. The summed E-state index contributed by atoms with van der Waals surface area (Å²) in [6.07, 6.45) is 1.47. The van der Waals surface area contributed by atoms with Crippen LogP contribution < -0.4 is 0 Å². The smallest absolute Gasteiger partial charge is 0.328 e. The van der Waals surface area contributed by atoms with E-state index in [1.54, 1.807) is 0 Å². The average Bonchev–Trinajstić information content (AvgIpc) is 2.09. The van der Waals surface area contributed by atoms with Crippen LogP contribution in [0.2, 0.25) is 0 Å². The number of phosphoric acid groups is 1. The molecule has 1 aliphatic heterocycles. The van der Waals surface area contributed by atoms with Crippen molar-refractivity contribution in [3.63, 3.8) is 0 Å². The average molecular weight is 224 g/mol. The minimum Gasteiger partial charge on any atom is -0.328 e. The Hall–Kier alpha value is 0.0700. The zero-order valence-electron chi connectivity index (χ0n) is 8.97. The highest BCUT2D eigenvalue weighted by molar-refractivity contribution is 7.47. The Morgan fingerprint density at radius 1 is 1.36 bits per heavy atom. The Balaban J connectivity index is 2.40. The molecule has 14 heavy (non-hydrogen) atoms. The molecule has 0 radical (unpaired) electrons. The minimum absolute atomic E-state index is 0.142. The highest BCUT2D eigenvalue weighted by atomic mass is 31.2. The Morgan fingerprint density at radius 2 is 1.86 bits per heavy atom. The number of nitrogens with zero attached hydrogens (tertiary/aromatic N) is 1. The molecule has 1 atom stereocenters. The van der Waals surface area contributed by atoms with Crippen LogP contribution in [0, 0.1) is 0 Å². The van der Waals surface area contributed by atoms with Gasteiger partial charge in [0.25, 0.3) is 0 Å². The van der Waals surface area contributed by atoms with Crippen molar-refractivity contribution in [2.75, 3.05) is 34.3 Å².